The van der Waals surface area contributed by atoms with E-state index in [0.29, 0.717) is 0 Å². The zero-order valence-corrected chi connectivity index (χ0v) is 10.9. The van der Waals surface area contributed by atoms with Gasteiger partial charge in [0.05, 0.1) is 0 Å². The zero-order chi connectivity index (χ0) is 12.0. The first-order chi connectivity index (χ1) is 7.57. The fourth-order valence-corrected chi connectivity index (χ4v) is 2.57. The summed E-state index contributed by atoms with van der Waals surface area (Å²) in [4.78, 5) is 2.24. The van der Waals surface area contributed by atoms with Gasteiger partial charge in [-0.1, -0.05) is 17.7 Å². The summed E-state index contributed by atoms with van der Waals surface area (Å²) in [6.07, 6.45) is 3.55. The Bertz CT molecular complexity index is 324. The molecule has 16 heavy (non-hydrogen) atoms. The van der Waals surface area contributed by atoms with Crippen molar-refractivity contribution in [2.45, 2.75) is 18.9 Å². The number of likely N-dealkylation sites (tertiary alicyclic amines) is 1. The van der Waals surface area contributed by atoms with Gasteiger partial charge in [0.1, 0.15) is 0 Å². The van der Waals surface area contributed by atoms with Crippen LogP contribution in [0.2, 0.25) is 0 Å². The van der Waals surface area contributed by atoms with Crippen molar-refractivity contribution < 1.29 is 8.42 Å². The van der Waals surface area contributed by atoms with Gasteiger partial charge in [-0.05, 0) is 25.9 Å². The SMILES string of the molecule is CNS(=O)(=O)NC1CCN(CC=CCl)CC1. The molecule has 0 aromatic carbocycles. The summed E-state index contributed by atoms with van der Waals surface area (Å²) in [6.45, 7) is 2.60. The van der Waals surface area contributed by atoms with Crippen molar-refractivity contribution in [1.82, 2.24) is 14.3 Å². The Kier molecular flexibility index (Phi) is 5.71. The molecule has 1 aliphatic heterocycles. The zero-order valence-electron chi connectivity index (χ0n) is 9.32. The van der Waals surface area contributed by atoms with Crippen LogP contribution in [0.15, 0.2) is 11.6 Å². The van der Waals surface area contributed by atoms with Crippen LogP contribution in [0.25, 0.3) is 0 Å². The molecule has 0 saturated carbocycles. The van der Waals surface area contributed by atoms with Gasteiger partial charge in [-0.25, -0.2) is 4.72 Å². The Hall–Kier alpha value is -0.140. The van der Waals surface area contributed by atoms with Gasteiger partial charge >= 0.3 is 0 Å². The first kappa shape index (κ1) is 13.9. The molecule has 0 aromatic heterocycles. The highest BCUT2D eigenvalue weighted by molar-refractivity contribution is 7.87. The van der Waals surface area contributed by atoms with Crippen molar-refractivity contribution in [1.29, 1.82) is 0 Å². The summed E-state index contributed by atoms with van der Waals surface area (Å²) < 4.78 is 27.4. The normalized spacial score (nSPS) is 20.6. The summed E-state index contributed by atoms with van der Waals surface area (Å²) in [5.41, 5.74) is 1.51. The fraction of sp³-hybridized carbons (Fsp3) is 0.778. The van der Waals surface area contributed by atoms with Crippen LogP contribution in [0.5, 0.6) is 0 Å². The molecular formula is C9H18ClN3O2S. The van der Waals surface area contributed by atoms with E-state index in [1.165, 1.54) is 12.6 Å². The van der Waals surface area contributed by atoms with E-state index in [1.54, 1.807) is 0 Å². The molecule has 1 aliphatic rings. The van der Waals surface area contributed by atoms with Gasteiger partial charge in [0.15, 0.2) is 0 Å². The molecule has 0 radical (unpaired) electrons. The van der Waals surface area contributed by atoms with E-state index in [9.17, 15) is 8.42 Å². The molecule has 2 N–H and O–H groups in total. The highest BCUT2D eigenvalue weighted by Gasteiger charge is 2.21. The lowest BCUT2D eigenvalue weighted by Gasteiger charge is -2.31. The predicted molar refractivity (Wildman–Crippen MR) is 65.6 cm³/mol. The maximum atomic E-state index is 11.3. The standard InChI is InChI=1S/C9H18ClN3O2S/c1-11-16(14,15)12-9-3-7-13(8-4-9)6-2-5-10/h2,5,9,11-12H,3-4,6-8H2,1H3. The lowest BCUT2D eigenvalue weighted by Crippen LogP contribution is -2.47. The average molecular weight is 268 g/mol. The van der Waals surface area contributed by atoms with Crippen LogP contribution < -0.4 is 9.44 Å². The Morgan fingerprint density at radius 3 is 2.56 bits per heavy atom. The van der Waals surface area contributed by atoms with E-state index in [1.807, 2.05) is 6.08 Å². The summed E-state index contributed by atoms with van der Waals surface area (Å²) in [5.74, 6) is 0. The van der Waals surface area contributed by atoms with Gasteiger partial charge in [-0.2, -0.15) is 13.1 Å². The van der Waals surface area contributed by atoms with Crippen LogP contribution >= 0.6 is 11.6 Å². The maximum absolute atomic E-state index is 11.3. The van der Waals surface area contributed by atoms with Crippen LogP contribution in [0.1, 0.15) is 12.8 Å². The number of hydrogen-bond acceptors (Lipinski definition) is 3. The van der Waals surface area contributed by atoms with Crippen LogP contribution in [0, 0.1) is 0 Å². The second-order valence-electron chi connectivity index (χ2n) is 3.76. The number of halogens is 1. The van der Waals surface area contributed by atoms with Crippen molar-refractivity contribution in [2.75, 3.05) is 26.7 Å². The Morgan fingerprint density at radius 2 is 2.06 bits per heavy atom. The van der Waals surface area contributed by atoms with Crippen LogP contribution in [-0.4, -0.2) is 46.0 Å². The minimum absolute atomic E-state index is 0.0358. The quantitative estimate of drug-likeness (QED) is 0.751. The van der Waals surface area contributed by atoms with Gasteiger partial charge in [-0.15, -0.1) is 0 Å². The third-order valence-corrected chi connectivity index (χ3v) is 3.99. The summed E-state index contributed by atoms with van der Waals surface area (Å²) in [6, 6.07) is 0.0358. The molecule has 5 nitrogen and oxygen atoms in total. The largest absolute Gasteiger partial charge is 0.300 e. The third kappa shape index (κ3) is 4.80. The molecule has 1 rings (SSSR count). The molecular weight excluding hydrogens is 250 g/mol. The van der Waals surface area contributed by atoms with Gasteiger partial charge in [-0.3, -0.25) is 4.90 Å². The molecule has 0 bridgehead atoms. The van der Waals surface area contributed by atoms with Crippen LogP contribution in [0.3, 0.4) is 0 Å². The predicted octanol–water partition coefficient (Wildman–Crippen LogP) is 0.257. The van der Waals surface area contributed by atoms with Gasteiger partial charge in [0, 0.05) is 25.2 Å². The van der Waals surface area contributed by atoms with E-state index < -0.39 is 10.2 Å². The molecule has 1 saturated heterocycles. The molecule has 0 aromatic rings. The van der Waals surface area contributed by atoms with Gasteiger partial charge in [0.2, 0.25) is 0 Å². The number of piperidine rings is 1. The Labute approximate surface area is 102 Å². The molecule has 0 unspecified atom stereocenters. The smallest absolute Gasteiger partial charge is 0.276 e. The molecule has 1 fully saturated rings. The summed E-state index contributed by atoms with van der Waals surface area (Å²) >= 11 is 5.45. The van der Waals surface area contributed by atoms with E-state index in [2.05, 4.69) is 14.3 Å². The maximum Gasteiger partial charge on any atom is 0.276 e. The van der Waals surface area contributed by atoms with Crippen molar-refractivity contribution in [2.24, 2.45) is 0 Å². The molecule has 1 heterocycles. The van der Waals surface area contributed by atoms with Gasteiger partial charge < -0.3 is 0 Å². The minimum Gasteiger partial charge on any atom is -0.300 e. The average Bonchev–Trinajstić information content (AvgIpc) is 2.28. The van der Waals surface area contributed by atoms with E-state index in [4.69, 9.17) is 11.6 Å². The molecule has 0 spiro atoms. The number of rotatable bonds is 5. The lowest BCUT2D eigenvalue weighted by atomic mass is 10.1. The Balaban J connectivity index is 2.32. The molecule has 7 heteroatoms. The first-order valence-corrected chi connectivity index (χ1v) is 7.17. The number of nitrogens with one attached hydrogen (secondary N) is 2. The van der Waals surface area contributed by atoms with Crippen LogP contribution in [0.4, 0.5) is 0 Å². The van der Waals surface area contributed by atoms with Crippen molar-refractivity contribution in [3.05, 3.63) is 11.6 Å². The summed E-state index contributed by atoms with van der Waals surface area (Å²) in [7, 11) is -1.90. The molecule has 94 valence electrons. The first-order valence-electron chi connectivity index (χ1n) is 5.26. The lowest BCUT2D eigenvalue weighted by molar-refractivity contribution is 0.226. The monoisotopic (exact) mass is 267 g/mol. The van der Waals surface area contributed by atoms with Crippen molar-refractivity contribution in [3.8, 4) is 0 Å². The molecule has 0 aliphatic carbocycles. The fourth-order valence-electron chi connectivity index (χ4n) is 1.70. The van der Waals surface area contributed by atoms with Gasteiger partial charge in [0.25, 0.3) is 10.2 Å². The molecule has 0 amide bonds. The van der Waals surface area contributed by atoms with E-state index >= 15 is 0 Å². The second kappa shape index (κ2) is 6.56. The highest BCUT2D eigenvalue weighted by atomic mass is 35.5. The second-order valence-corrected chi connectivity index (χ2v) is 5.66. The summed E-state index contributed by atoms with van der Waals surface area (Å²) in [5, 5.41) is 0. The van der Waals surface area contributed by atoms with Crippen molar-refractivity contribution in [3.63, 3.8) is 0 Å². The van der Waals surface area contributed by atoms with E-state index in [0.717, 1.165) is 32.5 Å². The van der Waals surface area contributed by atoms with Crippen molar-refractivity contribution >= 4 is 21.8 Å². The Morgan fingerprint density at radius 1 is 1.44 bits per heavy atom. The topological polar surface area (TPSA) is 61.4 Å². The number of nitrogens with zero attached hydrogens (tertiary/aromatic N) is 1. The number of hydrogen-bond donors (Lipinski definition) is 2. The third-order valence-electron chi connectivity index (χ3n) is 2.63. The highest BCUT2D eigenvalue weighted by Crippen LogP contribution is 2.10. The van der Waals surface area contributed by atoms with Crippen LogP contribution in [-0.2, 0) is 10.2 Å². The minimum atomic E-state index is -3.31. The van der Waals surface area contributed by atoms with E-state index in [-0.39, 0.29) is 6.04 Å². The molecule has 0 atom stereocenters.